The molecule has 2 aliphatic heterocycles. The van der Waals surface area contributed by atoms with Gasteiger partial charge in [0.15, 0.2) is 0 Å². The Morgan fingerprint density at radius 3 is 2.41 bits per heavy atom. The van der Waals surface area contributed by atoms with Gasteiger partial charge in [-0.2, -0.15) is 0 Å². The summed E-state index contributed by atoms with van der Waals surface area (Å²) in [5, 5.41) is 6.15. The maximum atomic E-state index is 12.2. The number of amides is 2. The summed E-state index contributed by atoms with van der Waals surface area (Å²) in [6.07, 6.45) is 2.56. The second-order valence-electron chi connectivity index (χ2n) is 7.95. The van der Waals surface area contributed by atoms with Crippen LogP contribution >= 0.6 is 0 Å². The number of nitrogens with zero attached hydrogens (tertiary/aromatic N) is 2. The number of morpholine rings is 1. The minimum atomic E-state index is -0.0362. The van der Waals surface area contributed by atoms with Crippen molar-refractivity contribution in [3.8, 4) is 0 Å². The number of likely N-dealkylation sites (tertiary alicyclic amines) is 1. The van der Waals surface area contributed by atoms with Gasteiger partial charge in [-0.1, -0.05) is 30.3 Å². The normalized spacial score (nSPS) is 25.3. The molecule has 2 saturated heterocycles. The van der Waals surface area contributed by atoms with Crippen molar-refractivity contribution in [2.45, 2.75) is 51.5 Å². The van der Waals surface area contributed by atoms with Gasteiger partial charge in [0, 0.05) is 51.9 Å². The Balaban J connectivity index is 1.29. The van der Waals surface area contributed by atoms with Crippen molar-refractivity contribution in [2.75, 3.05) is 39.3 Å². The van der Waals surface area contributed by atoms with Gasteiger partial charge < -0.3 is 15.4 Å². The van der Waals surface area contributed by atoms with Crippen molar-refractivity contribution in [2.24, 2.45) is 0 Å². The molecule has 2 atom stereocenters. The number of benzene rings is 1. The van der Waals surface area contributed by atoms with Crippen LogP contribution in [0.5, 0.6) is 0 Å². The monoisotopic (exact) mass is 374 g/mol. The summed E-state index contributed by atoms with van der Waals surface area (Å²) in [4.78, 5) is 17.0. The Bertz CT molecular complexity index is 565. The van der Waals surface area contributed by atoms with Gasteiger partial charge in [-0.25, -0.2) is 4.79 Å². The summed E-state index contributed by atoms with van der Waals surface area (Å²) in [5.74, 6) is 0. The largest absolute Gasteiger partial charge is 0.373 e. The molecule has 2 aliphatic rings. The molecule has 2 amide bonds. The van der Waals surface area contributed by atoms with E-state index in [4.69, 9.17) is 4.74 Å². The van der Waals surface area contributed by atoms with E-state index in [1.165, 1.54) is 5.56 Å². The van der Waals surface area contributed by atoms with Gasteiger partial charge in [0.1, 0.15) is 0 Å². The molecule has 0 bridgehead atoms. The molecule has 1 aromatic carbocycles. The van der Waals surface area contributed by atoms with Gasteiger partial charge in [0.25, 0.3) is 0 Å². The molecule has 2 N–H and O–H groups in total. The highest BCUT2D eigenvalue weighted by Crippen LogP contribution is 2.14. The summed E-state index contributed by atoms with van der Waals surface area (Å²) in [6, 6.07) is 10.8. The fourth-order valence-corrected chi connectivity index (χ4v) is 4.11. The fraction of sp³-hybridized carbons (Fsp3) is 0.667. The molecule has 2 fully saturated rings. The minimum absolute atomic E-state index is 0.0362. The minimum Gasteiger partial charge on any atom is -0.373 e. The van der Waals surface area contributed by atoms with Crippen LogP contribution in [0.4, 0.5) is 4.79 Å². The lowest BCUT2D eigenvalue weighted by atomic mass is 10.0. The van der Waals surface area contributed by atoms with Crippen LogP contribution in [0, 0.1) is 0 Å². The Kier molecular flexibility index (Phi) is 7.50. The zero-order chi connectivity index (χ0) is 19.1. The van der Waals surface area contributed by atoms with Crippen molar-refractivity contribution < 1.29 is 9.53 Å². The third-order valence-electron chi connectivity index (χ3n) is 5.38. The van der Waals surface area contributed by atoms with Crippen molar-refractivity contribution in [3.05, 3.63) is 35.9 Å². The zero-order valence-electron chi connectivity index (χ0n) is 16.7. The SMILES string of the molecule is CC1CN(CCNC(=O)NC2CCN(Cc3ccccc3)CC2)CC(C)O1. The highest BCUT2D eigenvalue weighted by molar-refractivity contribution is 5.74. The summed E-state index contributed by atoms with van der Waals surface area (Å²) >= 11 is 0. The lowest BCUT2D eigenvalue weighted by Gasteiger charge is -2.35. The number of nitrogens with one attached hydrogen (secondary N) is 2. The molecule has 0 saturated carbocycles. The van der Waals surface area contributed by atoms with Gasteiger partial charge in [0.2, 0.25) is 0 Å². The molecule has 2 heterocycles. The van der Waals surface area contributed by atoms with Gasteiger partial charge in [-0.05, 0) is 32.3 Å². The molecule has 6 heteroatoms. The second kappa shape index (κ2) is 10.1. The van der Waals surface area contributed by atoms with Crippen LogP contribution in [-0.2, 0) is 11.3 Å². The number of hydrogen-bond donors (Lipinski definition) is 2. The van der Waals surface area contributed by atoms with E-state index in [0.717, 1.165) is 52.1 Å². The van der Waals surface area contributed by atoms with Crippen LogP contribution < -0.4 is 10.6 Å². The first-order chi connectivity index (χ1) is 13.1. The van der Waals surface area contributed by atoms with E-state index in [1.807, 2.05) is 0 Å². The molecule has 3 rings (SSSR count). The first-order valence-electron chi connectivity index (χ1n) is 10.3. The quantitative estimate of drug-likeness (QED) is 0.800. The molecule has 27 heavy (non-hydrogen) atoms. The maximum absolute atomic E-state index is 12.2. The molecule has 0 aliphatic carbocycles. The molecular formula is C21H34N4O2. The lowest BCUT2D eigenvalue weighted by Crippen LogP contribution is -2.50. The van der Waals surface area contributed by atoms with Gasteiger partial charge in [-0.15, -0.1) is 0 Å². The molecule has 2 unspecified atom stereocenters. The average molecular weight is 375 g/mol. The Morgan fingerprint density at radius 2 is 1.74 bits per heavy atom. The van der Waals surface area contributed by atoms with Crippen LogP contribution in [0.15, 0.2) is 30.3 Å². The topological polar surface area (TPSA) is 56.8 Å². The Morgan fingerprint density at radius 1 is 1.07 bits per heavy atom. The van der Waals surface area contributed by atoms with Crippen molar-refractivity contribution >= 4 is 6.03 Å². The van der Waals surface area contributed by atoms with E-state index in [-0.39, 0.29) is 24.3 Å². The number of carbonyl (C=O) groups is 1. The first kappa shape index (κ1) is 20.1. The molecule has 0 spiro atoms. The van der Waals surface area contributed by atoms with E-state index in [2.05, 4.69) is 64.6 Å². The number of hydrogen-bond acceptors (Lipinski definition) is 4. The van der Waals surface area contributed by atoms with E-state index >= 15 is 0 Å². The molecular weight excluding hydrogens is 340 g/mol. The number of rotatable bonds is 6. The maximum Gasteiger partial charge on any atom is 0.315 e. The molecule has 0 radical (unpaired) electrons. The first-order valence-corrected chi connectivity index (χ1v) is 10.3. The van der Waals surface area contributed by atoms with Gasteiger partial charge in [0.05, 0.1) is 12.2 Å². The molecule has 1 aromatic rings. The smallest absolute Gasteiger partial charge is 0.315 e. The second-order valence-corrected chi connectivity index (χ2v) is 7.95. The van der Waals surface area contributed by atoms with Crippen LogP contribution in [0.25, 0.3) is 0 Å². The number of ether oxygens (including phenoxy) is 1. The van der Waals surface area contributed by atoms with E-state index in [9.17, 15) is 4.79 Å². The average Bonchev–Trinajstić information content (AvgIpc) is 2.63. The van der Waals surface area contributed by atoms with E-state index in [0.29, 0.717) is 6.54 Å². The Hall–Kier alpha value is -1.63. The van der Waals surface area contributed by atoms with Crippen LogP contribution in [-0.4, -0.2) is 73.3 Å². The van der Waals surface area contributed by atoms with Crippen molar-refractivity contribution in [1.29, 1.82) is 0 Å². The van der Waals surface area contributed by atoms with Crippen molar-refractivity contribution in [1.82, 2.24) is 20.4 Å². The number of urea groups is 1. The predicted octanol–water partition coefficient (Wildman–Crippen LogP) is 2.06. The predicted molar refractivity (Wildman–Crippen MR) is 108 cm³/mol. The third kappa shape index (κ3) is 6.79. The van der Waals surface area contributed by atoms with Crippen molar-refractivity contribution in [3.63, 3.8) is 0 Å². The third-order valence-corrected chi connectivity index (χ3v) is 5.38. The highest BCUT2D eigenvalue weighted by atomic mass is 16.5. The van der Waals surface area contributed by atoms with Crippen LogP contribution in [0.2, 0.25) is 0 Å². The summed E-state index contributed by atoms with van der Waals surface area (Å²) in [5.41, 5.74) is 1.36. The van der Waals surface area contributed by atoms with Gasteiger partial charge >= 0.3 is 6.03 Å². The summed E-state index contributed by atoms with van der Waals surface area (Å²) in [7, 11) is 0. The standard InChI is InChI=1S/C21H34N4O2/c1-17-14-25(15-18(2)27-17)13-10-22-21(26)23-20-8-11-24(12-9-20)16-19-6-4-3-5-7-19/h3-7,17-18,20H,8-16H2,1-2H3,(H2,22,23,26). The Labute approximate surface area is 163 Å². The van der Waals surface area contributed by atoms with E-state index in [1.54, 1.807) is 0 Å². The van der Waals surface area contributed by atoms with Gasteiger partial charge in [-0.3, -0.25) is 9.80 Å². The van der Waals surface area contributed by atoms with Crippen LogP contribution in [0.1, 0.15) is 32.3 Å². The lowest BCUT2D eigenvalue weighted by molar-refractivity contribution is -0.0672. The number of carbonyl (C=O) groups excluding carboxylic acids is 1. The molecule has 150 valence electrons. The molecule has 6 nitrogen and oxygen atoms in total. The fourth-order valence-electron chi connectivity index (χ4n) is 4.11. The van der Waals surface area contributed by atoms with E-state index < -0.39 is 0 Å². The summed E-state index contributed by atoms with van der Waals surface area (Å²) in [6.45, 7) is 10.7. The number of piperidine rings is 1. The zero-order valence-corrected chi connectivity index (χ0v) is 16.7. The molecule has 0 aromatic heterocycles. The highest BCUT2D eigenvalue weighted by Gasteiger charge is 2.23. The van der Waals surface area contributed by atoms with Crippen LogP contribution in [0.3, 0.4) is 0 Å². The summed E-state index contributed by atoms with van der Waals surface area (Å²) < 4.78 is 5.75.